The summed E-state index contributed by atoms with van der Waals surface area (Å²) in [5.74, 6) is -2.26. The molecule has 0 spiro atoms. The summed E-state index contributed by atoms with van der Waals surface area (Å²) in [6, 6.07) is 16.7. The van der Waals surface area contributed by atoms with E-state index in [0.29, 0.717) is 26.8 Å². The maximum absolute atomic E-state index is 13.9. The summed E-state index contributed by atoms with van der Waals surface area (Å²) in [5.41, 5.74) is 0.723. The number of carbonyl (C=O) groups excluding carboxylic acids is 2. The van der Waals surface area contributed by atoms with Gasteiger partial charge in [0.25, 0.3) is 11.6 Å². The highest BCUT2D eigenvalue weighted by Crippen LogP contribution is 2.45. The molecule has 0 fully saturated rings. The number of aromatic nitrogens is 2. The largest absolute Gasteiger partial charge is 0.503 e. The maximum atomic E-state index is 13.9. The van der Waals surface area contributed by atoms with Crippen LogP contribution in [0.1, 0.15) is 27.7 Å². The van der Waals surface area contributed by atoms with Crippen LogP contribution in [0, 0.1) is 15.9 Å². The molecule has 0 saturated heterocycles. The lowest BCUT2D eigenvalue weighted by atomic mass is 9.95. The number of methoxy groups -OCH3 is 1. The van der Waals surface area contributed by atoms with Crippen LogP contribution in [0.25, 0.3) is 11.0 Å². The van der Waals surface area contributed by atoms with E-state index in [1.54, 1.807) is 30.3 Å². The minimum Gasteiger partial charge on any atom is -0.503 e. The monoisotopic (exact) mass is 618 g/mol. The van der Waals surface area contributed by atoms with E-state index in [1.165, 1.54) is 61.3 Å². The van der Waals surface area contributed by atoms with Gasteiger partial charge in [-0.2, -0.15) is 0 Å². The Hall–Kier alpha value is -5.08. The number of aliphatic hydroxyl groups is 1. The smallest absolute Gasteiger partial charge is 0.296 e. The molecule has 3 heterocycles. The molecule has 1 N–H and O–H groups in total. The molecule has 1 aliphatic rings. The highest BCUT2D eigenvalue weighted by molar-refractivity contribution is 8.00. The van der Waals surface area contributed by atoms with E-state index in [2.05, 4.69) is 10.2 Å². The number of nitro benzene ring substituents is 1. The number of Topliss-reactive ketones (excluding diaryl/α,β-unsaturated/α-hetero) is 1. The second kappa shape index (κ2) is 11.3. The van der Waals surface area contributed by atoms with Crippen molar-refractivity contribution in [2.24, 2.45) is 0 Å². The van der Waals surface area contributed by atoms with E-state index >= 15 is 0 Å². The van der Waals surface area contributed by atoms with Gasteiger partial charge in [0.1, 0.15) is 5.82 Å². The van der Waals surface area contributed by atoms with Crippen LogP contribution in [0.3, 0.4) is 0 Å². The average Bonchev–Trinajstić information content (AvgIpc) is 3.73. The van der Waals surface area contributed by atoms with Gasteiger partial charge in [0.2, 0.25) is 10.9 Å². The molecule has 5 aromatic rings. The summed E-state index contributed by atoms with van der Waals surface area (Å²) in [6.07, 6.45) is 0. The number of carbonyl (C=O) groups is 2. The number of fused-ring (bicyclic) bond motifs is 1. The number of nitrogens with zero attached hydrogens (tertiary/aromatic N) is 4. The number of furan rings is 1. The number of halogens is 1. The average molecular weight is 619 g/mol. The van der Waals surface area contributed by atoms with Crippen LogP contribution in [0.2, 0.25) is 0 Å². The van der Waals surface area contributed by atoms with Crippen molar-refractivity contribution in [3.8, 4) is 5.75 Å². The van der Waals surface area contributed by atoms with Gasteiger partial charge in [-0.05, 0) is 35.4 Å². The molecule has 1 amide bonds. The molecule has 11 nitrogen and oxygen atoms in total. The number of rotatable bonds is 9. The molecule has 3 aromatic carbocycles. The Morgan fingerprint density at radius 2 is 1.93 bits per heavy atom. The first-order valence-corrected chi connectivity index (χ1v) is 14.4. The van der Waals surface area contributed by atoms with Gasteiger partial charge in [-0.25, -0.2) is 4.39 Å². The van der Waals surface area contributed by atoms with E-state index in [0.717, 1.165) is 21.8 Å². The third-order valence-corrected chi connectivity index (χ3v) is 8.81. The van der Waals surface area contributed by atoms with Crippen molar-refractivity contribution < 1.29 is 33.2 Å². The lowest BCUT2D eigenvalue weighted by Gasteiger charge is -2.23. The van der Waals surface area contributed by atoms with E-state index in [4.69, 9.17) is 9.15 Å². The van der Waals surface area contributed by atoms with E-state index < -0.39 is 28.4 Å². The van der Waals surface area contributed by atoms with Gasteiger partial charge in [-0.15, -0.1) is 10.2 Å². The molecule has 0 bridgehead atoms. The lowest BCUT2D eigenvalue weighted by Crippen LogP contribution is -2.31. The predicted octanol–water partition coefficient (Wildman–Crippen LogP) is 6.42. The molecule has 2 aromatic heterocycles. The summed E-state index contributed by atoms with van der Waals surface area (Å²) < 4.78 is 24.9. The van der Waals surface area contributed by atoms with Crippen molar-refractivity contribution in [2.75, 3.05) is 12.0 Å². The topological polar surface area (TPSA) is 149 Å². The molecule has 14 heteroatoms. The van der Waals surface area contributed by atoms with Crippen molar-refractivity contribution in [2.45, 2.75) is 16.1 Å². The highest BCUT2D eigenvalue weighted by atomic mass is 32.2. The number of aliphatic hydroxyl groups excluding tert-OH is 1. The van der Waals surface area contributed by atoms with Crippen molar-refractivity contribution in [3.05, 3.63) is 117 Å². The number of ketones is 1. The van der Waals surface area contributed by atoms with Crippen LogP contribution < -0.4 is 9.64 Å². The first-order chi connectivity index (χ1) is 20.7. The summed E-state index contributed by atoms with van der Waals surface area (Å²) in [7, 11) is 1.45. The predicted molar refractivity (Wildman–Crippen MR) is 156 cm³/mol. The molecule has 216 valence electrons. The molecule has 0 saturated carbocycles. The number of thioether (sulfide) groups is 1. The van der Waals surface area contributed by atoms with Gasteiger partial charge < -0.3 is 14.3 Å². The number of hydrogen-bond acceptors (Lipinski definition) is 11. The second-order valence-corrected chi connectivity index (χ2v) is 11.5. The molecule has 1 aliphatic heterocycles. The lowest BCUT2D eigenvalue weighted by molar-refractivity contribution is -0.384. The molecular weight excluding hydrogens is 599 g/mol. The normalized spacial score (nSPS) is 15.0. The zero-order chi connectivity index (χ0) is 30.2. The number of hydrogen-bond donors (Lipinski definition) is 1. The van der Waals surface area contributed by atoms with Crippen molar-refractivity contribution in [3.63, 3.8) is 0 Å². The minimum absolute atomic E-state index is 0.0590. The zero-order valence-corrected chi connectivity index (χ0v) is 23.7. The van der Waals surface area contributed by atoms with Crippen LogP contribution in [0.4, 0.5) is 15.2 Å². The van der Waals surface area contributed by atoms with Gasteiger partial charge >= 0.3 is 0 Å². The van der Waals surface area contributed by atoms with Crippen LogP contribution >= 0.6 is 23.1 Å². The first-order valence-electron chi connectivity index (χ1n) is 12.6. The molecule has 0 aliphatic carbocycles. The molecule has 1 unspecified atom stereocenters. The van der Waals surface area contributed by atoms with Crippen molar-refractivity contribution in [1.82, 2.24) is 10.2 Å². The van der Waals surface area contributed by atoms with Gasteiger partial charge in [0.15, 0.2) is 27.2 Å². The molecule has 1 atom stereocenters. The number of para-hydroxylation sites is 1. The Morgan fingerprint density at radius 1 is 1.16 bits per heavy atom. The van der Waals surface area contributed by atoms with Gasteiger partial charge in [0.05, 0.1) is 23.6 Å². The number of amides is 1. The first kappa shape index (κ1) is 28.1. The van der Waals surface area contributed by atoms with Crippen molar-refractivity contribution in [1.29, 1.82) is 0 Å². The minimum atomic E-state index is -1.28. The molecule has 0 radical (unpaired) electrons. The number of benzene rings is 3. The van der Waals surface area contributed by atoms with Crippen molar-refractivity contribution >= 4 is 56.6 Å². The summed E-state index contributed by atoms with van der Waals surface area (Å²) in [4.78, 5) is 39.5. The third kappa shape index (κ3) is 5.21. The van der Waals surface area contributed by atoms with Gasteiger partial charge in [-0.3, -0.25) is 24.6 Å². The fourth-order valence-electron chi connectivity index (χ4n) is 4.68. The van der Waals surface area contributed by atoms with E-state index in [9.17, 15) is 29.2 Å². The number of anilines is 1. The number of non-ortho nitro benzene ring substituents is 1. The SMILES string of the molecule is COc1cccc2cc(C(=O)C3=C(O)C(=O)N(c4nnc(SCc5ccc(F)cc5)s4)C3c3cccc([N+](=O)[O-])c3)oc12. The third-order valence-electron chi connectivity index (χ3n) is 6.68. The Kier molecular flexibility index (Phi) is 7.38. The molecular formula is C29H19FN4O7S2. The van der Waals surface area contributed by atoms with Crippen LogP contribution in [-0.2, 0) is 10.5 Å². The van der Waals surface area contributed by atoms with Gasteiger partial charge in [0, 0.05) is 23.3 Å². The fraction of sp³-hybridized carbons (Fsp3) is 0.103. The summed E-state index contributed by atoms with van der Waals surface area (Å²) in [6.45, 7) is 0. The van der Waals surface area contributed by atoms with E-state index in [1.807, 2.05) is 0 Å². The number of nitro groups is 1. The second-order valence-electron chi connectivity index (χ2n) is 9.28. The van der Waals surface area contributed by atoms with E-state index in [-0.39, 0.29) is 33.5 Å². The highest BCUT2D eigenvalue weighted by Gasteiger charge is 2.47. The maximum Gasteiger partial charge on any atom is 0.296 e. The van der Waals surface area contributed by atoms with Crippen LogP contribution in [-0.4, -0.2) is 39.0 Å². The quantitative estimate of drug-likeness (QED) is 0.0645. The van der Waals surface area contributed by atoms with Crippen LogP contribution in [0.15, 0.2) is 92.9 Å². The number of ether oxygens (including phenoxy) is 1. The standard InChI is InChI=1S/C29H19FN4O7S2/c1-40-20-7-3-5-17-13-21(41-26(17)20)24(35)22-23(16-4-2-6-19(12-16)34(38)39)33(27(37)25(22)36)28-31-32-29(43-28)42-14-15-8-10-18(30)11-9-15/h2-13,23,36H,14H2,1H3. The Bertz CT molecular complexity index is 1940. The Balaban J connectivity index is 1.39. The van der Waals surface area contributed by atoms with Gasteiger partial charge in [-0.1, -0.05) is 59.5 Å². The zero-order valence-electron chi connectivity index (χ0n) is 22.1. The van der Waals surface area contributed by atoms with Crippen LogP contribution in [0.5, 0.6) is 5.75 Å². The Labute approximate surface area is 250 Å². The fourth-order valence-corrected chi connectivity index (χ4v) is 6.51. The molecule has 43 heavy (non-hydrogen) atoms. The summed E-state index contributed by atoms with van der Waals surface area (Å²) >= 11 is 2.33. The Morgan fingerprint density at radius 3 is 2.67 bits per heavy atom. The molecule has 6 rings (SSSR count). The summed E-state index contributed by atoms with van der Waals surface area (Å²) in [5, 5.41) is 31.6.